The van der Waals surface area contributed by atoms with E-state index in [-0.39, 0.29) is 30.3 Å². The fourth-order valence-corrected chi connectivity index (χ4v) is 9.01. The lowest BCUT2D eigenvalue weighted by atomic mass is 9.64. The number of nitrogens with zero attached hydrogens (tertiary/aromatic N) is 1. The van der Waals surface area contributed by atoms with Crippen molar-refractivity contribution in [2.75, 3.05) is 13.1 Å². The molecule has 3 aliphatic carbocycles. The number of fused-ring (bicyclic) bond motifs is 8. The molecule has 0 aliphatic heterocycles. The van der Waals surface area contributed by atoms with E-state index in [1.54, 1.807) is 11.3 Å². The minimum absolute atomic E-state index is 0.000973. The topological polar surface area (TPSA) is 89.9 Å². The molecule has 2 aromatic heterocycles. The molecule has 2 amide bonds. The van der Waals surface area contributed by atoms with E-state index in [0.717, 1.165) is 35.3 Å². The van der Waals surface area contributed by atoms with Gasteiger partial charge in [-0.25, -0.2) is 4.79 Å². The van der Waals surface area contributed by atoms with E-state index in [0.29, 0.717) is 49.1 Å². The van der Waals surface area contributed by atoms with E-state index in [1.807, 2.05) is 49.9 Å². The molecule has 46 heavy (non-hydrogen) atoms. The van der Waals surface area contributed by atoms with Crippen molar-refractivity contribution in [3.63, 3.8) is 0 Å². The number of hydrogen-bond acceptors (Lipinski definition) is 6. The van der Waals surface area contributed by atoms with E-state index in [9.17, 15) is 19.8 Å². The van der Waals surface area contributed by atoms with Crippen molar-refractivity contribution in [2.45, 2.75) is 110 Å². The Bertz CT molecular complexity index is 1540. The number of nitrogens with one attached hydrogen (secondary N) is 1. The highest BCUT2D eigenvalue weighted by molar-refractivity contribution is 7.14. The normalized spacial score (nSPS) is 25.2. The van der Waals surface area contributed by atoms with Crippen LogP contribution in [0.4, 0.5) is 4.79 Å². The van der Waals surface area contributed by atoms with Crippen LogP contribution < -0.4 is 5.32 Å². The van der Waals surface area contributed by atoms with Crippen LogP contribution in [0.3, 0.4) is 0 Å². The second-order valence-corrected chi connectivity index (χ2v) is 16.4. The monoisotopic (exact) mass is 662 g/mol. The van der Waals surface area contributed by atoms with Gasteiger partial charge in [0, 0.05) is 33.3 Å². The molecule has 2 bridgehead atoms. The molecule has 8 heteroatoms. The Kier molecular flexibility index (Phi) is 10.9. The Balaban J connectivity index is 1.56. The van der Waals surface area contributed by atoms with Gasteiger partial charge in [-0.1, -0.05) is 36.8 Å². The number of carbonyl (C=O) groups excluding carboxylic acids is 2. The van der Waals surface area contributed by atoms with Crippen molar-refractivity contribution in [2.24, 2.45) is 5.41 Å². The molecule has 0 spiro atoms. The van der Waals surface area contributed by atoms with Crippen molar-refractivity contribution < 1.29 is 19.8 Å². The summed E-state index contributed by atoms with van der Waals surface area (Å²) in [6, 6.07) is 14.0. The molecule has 4 atom stereocenters. The molecule has 0 unspecified atom stereocenters. The molecule has 2 heterocycles. The minimum Gasteiger partial charge on any atom is -0.393 e. The summed E-state index contributed by atoms with van der Waals surface area (Å²) in [7, 11) is 0. The Labute approximate surface area is 282 Å². The molecule has 1 saturated carbocycles. The first-order chi connectivity index (χ1) is 21.9. The number of aliphatic hydroxyl groups excluding tert-OH is 1. The van der Waals surface area contributed by atoms with Crippen LogP contribution in [0.2, 0.25) is 0 Å². The van der Waals surface area contributed by atoms with Gasteiger partial charge in [-0.15, -0.1) is 22.7 Å². The second kappa shape index (κ2) is 14.5. The molecule has 6 rings (SSSR count). The standard InChI is InChI=1S/C38H50N2O4S2/c1-25(2)39-36(43)40(20-17-30-9-7-21-45-30)24-38(44)19-16-33-31-14-12-28(23-32(31)35(42)34-15-11-27(4)46-34)22-29(41)13-10-26(3)8-6-18-37(33,38)5/h7-9,11-12,14-15,21,23,25,29,33,41,44H,6,10,13,16-20,22,24H2,1-5H3,(H,39,43)/t29-,33-,37-,38+/m0/s1. The molecule has 3 aliphatic rings. The van der Waals surface area contributed by atoms with Gasteiger partial charge in [0.1, 0.15) is 0 Å². The van der Waals surface area contributed by atoms with Gasteiger partial charge in [0.05, 0.1) is 23.1 Å². The molecule has 1 fully saturated rings. The average molecular weight is 663 g/mol. The second-order valence-electron chi connectivity index (χ2n) is 14.0. The van der Waals surface area contributed by atoms with Gasteiger partial charge in [0.15, 0.2) is 0 Å². The maximum absolute atomic E-state index is 14.2. The number of rotatable bonds is 8. The van der Waals surface area contributed by atoms with E-state index in [2.05, 4.69) is 48.8 Å². The van der Waals surface area contributed by atoms with Gasteiger partial charge in [0.2, 0.25) is 5.78 Å². The zero-order valence-electron chi connectivity index (χ0n) is 28.0. The highest BCUT2D eigenvalue weighted by atomic mass is 32.1. The van der Waals surface area contributed by atoms with Gasteiger partial charge >= 0.3 is 6.03 Å². The summed E-state index contributed by atoms with van der Waals surface area (Å²) in [5.41, 5.74) is 2.06. The first-order valence-electron chi connectivity index (χ1n) is 16.8. The van der Waals surface area contributed by atoms with Gasteiger partial charge in [0.25, 0.3) is 0 Å². The van der Waals surface area contributed by atoms with Crippen LogP contribution in [-0.4, -0.2) is 57.8 Å². The van der Waals surface area contributed by atoms with Crippen molar-refractivity contribution in [1.29, 1.82) is 0 Å². The summed E-state index contributed by atoms with van der Waals surface area (Å²) in [5, 5.41) is 28.8. The summed E-state index contributed by atoms with van der Waals surface area (Å²) >= 11 is 3.19. The Morgan fingerprint density at radius 1 is 1.11 bits per heavy atom. The highest BCUT2D eigenvalue weighted by Gasteiger charge is 2.57. The fourth-order valence-electron chi connectivity index (χ4n) is 7.49. The average Bonchev–Trinajstić information content (AvgIpc) is 3.74. The van der Waals surface area contributed by atoms with E-state index < -0.39 is 17.1 Å². The zero-order chi connectivity index (χ0) is 33.1. The molecule has 0 saturated heterocycles. The maximum Gasteiger partial charge on any atom is 0.317 e. The predicted octanol–water partition coefficient (Wildman–Crippen LogP) is 8.05. The summed E-state index contributed by atoms with van der Waals surface area (Å²) in [6.07, 6.45) is 7.19. The van der Waals surface area contributed by atoms with Crippen LogP contribution in [0.1, 0.15) is 108 Å². The number of thiophene rings is 2. The SMILES string of the molecule is CC1=CCC[C@@]2(C)[C@@H](CC[C@@]2(O)CN(CCc2cccs2)C(=O)NC(C)C)c2ccc(cc2C(=O)c2ccc(C)s2)C[C@@H](O)CC1. The number of aliphatic hydroxyl groups is 2. The van der Waals surface area contributed by atoms with Crippen molar-refractivity contribution in [3.8, 4) is 0 Å². The molecule has 0 radical (unpaired) electrons. The molecular formula is C38H50N2O4S2. The molecular weight excluding hydrogens is 613 g/mol. The van der Waals surface area contributed by atoms with Gasteiger partial charge in [-0.3, -0.25) is 4.79 Å². The number of hydrogen-bond donors (Lipinski definition) is 3. The number of carbonyl (C=O) groups is 2. The molecule has 3 N–H and O–H groups in total. The molecule has 248 valence electrons. The third-order valence-corrected chi connectivity index (χ3v) is 12.2. The number of amides is 2. The highest BCUT2D eigenvalue weighted by Crippen LogP contribution is 2.59. The van der Waals surface area contributed by atoms with E-state index in [4.69, 9.17) is 0 Å². The van der Waals surface area contributed by atoms with Crippen LogP contribution in [0, 0.1) is 12.3 Å². The lowest BCUT2D eigenvalue weighted by Crippen LogP contribution is -2.56. The van der Waals surface area contributed by atoms with Crippen LogP contribution in [0.25, 0.3) is 0 Å². The number of aryl methyl sites for hydroxylation is 1. The third-order valence-electron chi connectivity index (χ3n) is 10.2. The van der Waals surface area contributed by atoms with Crippen molar-refractivity contribution in [1.82, 2.24) is 10.2 Å². The fraction of sp³-hybridized carbons (Fsp3) is 0.526. The Morgan fingerprint density at radius 2 is 1.91 bits per heavy atom. The predicted molar refractivity (Wildman–Crippen MR) is 189 cm³/mol. The molecule has 3 aromatic rings. The molecule has 6 nitrogen and oxygen atoms in total. The number of allylic oxidation sites excluding steroid dienone is 2. The number of ketones is 1. The quantitative estimate of drug-likeness (QED) is 0.168. The smallest absolute Gasteiger partial charge is 0.317 e. The summed E-state index contributed by atoms with van der Waals surface area (Å²) in [6.45, 7) is 11.0. The summed E-state index contributed by atoms with van der Waals surface area (Å²) in [5.74, 6) is -0.0839. The van der Waals surface area contributed by atoms with E-state index >= 15 is 0 Å². The van der Waals surface area contributed by atoms with Crippen molar-refractivity contribution in [3.05, 3.63) is 90.8 Å². The lowest BCUT2D eigenvalue weighted by Gasteiger charge is -2.46. The summed E-state index contributed by atoms with van der Waals surface area (Å²) < 4.78 is 0. The number of benzene rings is 1. The van der Waals surface area contributed by atoms with Crippen molar-refractivity contribution >= 4 is 34.5 Å². The van der Waals surface area contributed by atoms with Crippen LogP contribution in [0.5, 0.6) is 0 Å². The first kappa shape index (κ1) is 34.6. The molecule has 1 aromatic carbocycles. The lowest BCUT2D eigenvalue weighted by molar-refractivity contribution is -0.0769. The van der Waals surface area contributed by atoms with Gasteiger partial charge < -0.3 is 20.4 Å². The van der Waals surface area contributed by atoms with Crippen LogP contribution in [-0.2, 0) is 12.8 Å². The third kappa shape index (κ3) is 7.67. The number of urea groups is 1. The Morgan fingerprint density at radius 3 is 2.61 bits per heavy atom. The summed E-state index contributed by atoms with van der Waals surface area (Å²) in [4.78, 5) is 32.6. The van der Waals surface area contributed by atoms with Crippen LogP contribution in [0.15, 0.2) is 59.5 Å². The van der Waals surface area contributed by atoms with Gasteiger partial charge in [-0.05, 0) is 126 Å². The Hall–Kier alpha value is -2.78. The minimum atomic E-state index is -1.16. The zero-order valence-corrected chi connectivity index (χ0v) is 29.6. The largest absolute Gasteiger partial charge is 0.393 e. The first-order valence-corrected chi connectivity index (χ1v) is 18.5. The van der Waals surface area contributed by atoms with Crippen LogP contribution >= 0.6 is 22.7 Å². The van der Waals surface area contributed by atoms with Gasteiger partial charge in [-0.2, -0.15) is 0 Å². The van der Waals surface area contributed by atoms with E-state index in [1.165, 1.54) is 21.8 Å². The maximum atomic E-state index is 14.2.